The van der Waals surface area contributed by atoms with Crippen LogP contribution < -0.4 is 31.9 Å². The molecule has 6 N–H and O–H groups in total. The number of carbonyl (C=O) groups excluding carboxylic acids is 8. The van der Waals surface area contributed by atoms with Gasteiger partial charge in [0.2, 0.25) is 35.4 Å². The fourth-order valence-corrected chi connectivity index (χ4v) is 14.9. The van der Waals surface area contributed by atoms with E-state index < -0.39 is 0 Å². The summed E-state index contributed by atoms with van der Waals surface area (Å²) in [6.45, 7) is 32.4. The van der Waals surface area contributed by atoms with E-state index in [0.717, 1.165) is 96.3 Å². The maximum absolute atomic E-state index is 13.3. The number of amides is 6. The Morgan fingerprint density at radius 1 is 0.176 bits per heavy atom. The van der Waals surface area contributed by atoms with Crippen LogP contribution in [0.4, 0.5) is 0 Å². The Bertz CT molecular complexity index is 2410. The van der Waals surface area contributed by atoms with E-state index in [1.165, 1.54) is 218 Å². The number of carbonyl (C=O) groups is 8. The van der Waals surface area contributed by atoms with Crippen molar-refractivity contribution in [2.45, 2.75) is 441 Å². The van der Waals surface area contributed by atoms with E-state index in [2.05, 4.69) is 59.6 Å². The highest BCUT2D eigenvalue weighted by Crippen LogP contribution is 2.21. The normalized spacial score (nSPS) is 11.7. The van der Waals surface area contributed by atoms with Gasteiger partial charge in [-0.15, -0.1) is 0 Å². The van der Waals surface area contributed by atoms with Gasteiger partial charge in [-0.3, -0.25) is 38.4 Å². The molecule has 0 fully saturated rings. The van der Waals surface area contributed by atoms with Gasteiger partial charge in [0, 0.05) is 142 Å². The number of ether oxygens (including phenoxy) is 11. The number of unbranched alkanes of at least 4 members (excludes halogenated alkanes) is 40. The summed E-state index contributed by atoms with van der Waals surface area (Å²) in [5, 5.41) is 17.9. The van der Waals surface area contributed by atoms with Crippen LogP contribution in [0.25, 0.3) is 0 Å². The maximum atomic E-state index is 13.3. The van der Waals surface area contributed by atoms with Crippen LogP contribution in [-0.2, 0) is 90.5 Å². The summed E-state index contributed by atoms with van der Waals surface area (Å²) in [6.07, 6.45) is 64.5. The fourth-order valence-electron chi connectivity index (χ4n) is 14.9. The van der Waals surface area contributed by atoms with Gasteiger partial charge < -0.3 is 84.0 Å². The van der Waals surface area contributed by atoms with Gasteiger partial charge in [0.05, 0.1) is 106 Å². The monoisotopic (exact) mass is 1870 g/mol. The van der Waals surface area contributed by atoms with Crippen molar-refractivity contribution in [1.29, 1.82) is 0 Å². The minimum atomic E-state index is -0.343. The van der Waals surface area contributed by atoms with Gasteiger partial charge in [-0.25, -0.2) is 0 Å². The Labute approximate surface area is 802 Å². The first-order chi connectivity index (χ1) is 64.3. The van der Waals surface area contributed by atoms with E-state index in [1.54, 1.807) is 0 Å². The van der Waals surface area contributed by atoms with Gasteiger partial charge in [-0.2, -0.15) is 0 Å². The van der Waals surface area contributed by atoms with E-state index in [9.17, 15) is 38.4 Å². The van der Waals surface area contributed by atoms with E-state index in [4.69, 9.17) is 52.1 Å². The number of hydrogen-bond donors (Lipinski definition) is 6. The Hall–Kier alpha value is -4.28. The predicted molar refractivity (Wildman–Crippen MR) is 536 cm³/mol. The number of rotatable bonds is 106. The van der Waals surface area contributed by atoms with Crippen molar-refractivity contribution >= 4 is 47.0 Å². The Kier molecular flexibility index (Phi) is 114. The predicted octanol–water partition coefficient (Wildman–Crippen LogP) is 21.8. The first kappa shape index (κ1) is 131. The molecule has 0 saturated carbocycles. The van der Waals surface area contributed by atoms with Crippen molar-refractivity contribution in [3.05, 3.63) is 0 Å². The van der Waals surface area contributed by atoms with Gasteiger partial charge >= 0.3 is 0 Å². The quantitative estimate of drug-likeness (QED) is 0.0308. The second-order valence-corrected chi connectivity index (χ2v) is 35.3. The van der Waals surface area contributed by atoms with Crippen LogP contribution in [0.2, 0.25) is 0 Å². The third-order valence-corrected chi connectivity index (χ3v) is 23.0. The molecule has 0 rings (SSSR count). The first-order valence-electron chi connectivity index (χ1n) is 54.3. The molecule has 0 heterocycles. The zero-order valence-corrected chi connectivity index (χ0v) is 86.1. The summed E-state index contributed by atoms with van der Waals surface area (Å²) in [7, 11) is 0. The minimum Gasteiger partial charge on any atom is -0.379 e. The molecule has 6 amide bonds. The van der Waals surface area contributed by atoms with Crippen LogP contribution in [0.15, 0.2) is 0 Å². The molecule has 0 aliphatic heterocycles. The molecule has 0 aliphatic rings. The average molecular weight is 1870 g/mol. The second-order valence-electron chi connectivity index (χ2n) is 35.3. The minimum absolute atomic E-state index is 0.0125. The summed E-state index contributed by atoms with van der Waals surface area (Å²) in [6, 6.07) is 0. The molecule has 0 bridgehead atoms. The molecule has 131 heavy (non-hydrogen) atoms. The molecule has 0 spiro atoms. The Balaban J connectivity index is -0.00000205. The summed E-state index contributed by atoms with van der Waals surface area (Å²) >= 11 is 0. The van der Waals surface area contributed by atoms with Gasteiger partial charge in [0.15, 0.2) is 0 Å². The van der Waals surface area contributed by atoms with Gasteiger partial charge in [0.25, 0.3) is 0 Å². The molecule has 0 saturated heterocycles. The lowest BCUT2D eigenvalue weighted by molar-refractivity contribution is -0.129. The Morgan fingerprint density at radius 3 is 0.641 bits per heavy atom. The molecule has 25 nitrogen and oxygen atoms in total. The van der Waals surface area contributed by atoms with Gasteiger partial charge in [-0.05, 0) is 97.8 Å². The van der Waals surface area contributed by atoms with Crippen LogP contribution in [-0.4, -0.2) is 232 Å². The molecule has 0 aromatic rings. The van der Waals surface area contributed by atoms with Crippen LogP contribution in [0.1, 0.15) is 441 Å². The van der Waals surface area contributed by atoms with Crippen molar-refractivity contribution in [3.8, 4) is 0 Å². The topological polar surface area (TPSA) is 310 Å². The summed E-state index contributed by atoms with van der Waals surface area (Å²) in [5.74, 6) is 0.0142. The molecular formula is C106H208N6O19. The zero-order chi connectivity index (χ0) is 96.0. The number of hydrogen-bond acceptors (Lipinski definition) is 19. The molecule has 0 radical (unpaired) electrons. The summed E-state index contributed by atoms with van der Waals surface area (Å²) in [4.78, 5) is 99.6. The highest BCUT2D eigenvalue weighted by atomic mass is 16.6. The molecule has 0 aliphatic carbocycles. The highest BCUT2D eigenvalue weighted by molar-refractivity contribution is 5.87. The van der Waals surface area contributed by atoms with E-state index in [0.29, 0.717) is 249 Å². The van der Waals surface area contributed by atoms with Gasteiger partial charge in [0.1, 0.15) is 11.6 Å². The van der Waals surface area contributed by atoms with E-state index in [-0.39, 0.29) is 65.3 Å². The van der Waals surface area contributed by atoms with E-state index >= 15 is 0 Å². The summed E-state index contributed by atoms with van der Waals surface area (Å²) in [5.41, 5.74) is 0. The van der Waals surface area contributed by atoms with Crippen molar-refractivity contribution in [1.82, 2.24) is 31.9 Å². The van der Waals surface area contributed by atoms with Crippen molar-refractivity contribution in [2.24, 2.45) is 11.8 Å². The van der Waals surface area contributed by atoms with Crippen LogP contribution in [0, 0.1) is 11.8 Å². The fraction of sp³-hybridized carbons (Fsp3) is 0.925. The van der Waals surface area contributed by atoms with Crippen molar-refractivity contribution in [2.75, 3.05) is 185 Å². The van der Waals surface area contributed by atoms with Gasteiger partial charge in [-0.1, -0.05) is 291 Å². The summed E-state index contributed by atoms with van der Waals surface area (Å²) < 4.78 is 59.1. The maximum Gasteiger partial charge on any atom is 0.223 e. The standard InChI is InChI=1S/C50H97N3O9.C38H74N2O3.C18H37NO7/c1-4-7-9-11-13-15-16-18-19-21-23-30-47(54)45-46(29-25-26-33-51-48(55)31-24-22-20-17-14-12-10-8-5-2)50(57)53-35-28-37-60-42-44-62-43-41-59-36-27-34-52-49(56)32-38-61-40-39-58-6-3;1-4-7-9-11-13-15-17-19-21-23-25-30-36(41)34-35(38(43)40-32-6-3)29-27-28-33-39-37(42)31-26-24-22-20-18-16-14-12-10-8-5-2;1-3-21-10-12-25-16-14-23-8-5-7-19-18(20)6-9-24-15-17-26-13-11-22-4-2/h46H,4-45H2,1-3H3,(H,51,55)(H,52,56)(H,53,57);35H,4-34H2,1-3H3,(H,39,42)(H,40,43);3-17H2,1-2H3,(H,19,20)/t;35-;/m.1./s1. The Morgan fingerprint density at radius 2 is 0.382 bits per heavy atom. The second kappa shape index (κ2) is 114. The first-order valence-corrected chi connectivity index (χ1v) is 54.3. The smallest absolute Gasteiger partial charge is 0.223 e. The molecule has 776 valence electrons. The van der Waals surface area contributed by atoms with E-state index in [1.807, 2.05) is 27.7 Å². The lowest BCUT2D eigenvalue weighted by atomic mass is 9.93. The molecular weight excluding hydrogens is 1660 g/mol. The molecule has 1 unspecified atom stereocenters. The van der Waals surface area contributed by atoms with Crippen LogP contribution in [0.5, 0.6) is 0 Å². The lowest BCUT2D eigenvalue weighted by Gasteiger charge is -2.17. The SMILES string of the molecule is CCCCCCCCCCCCCC(=O)CC(CCCCNC(=O)CCCCCCCCCCC)C(=O)NCCCOCCOCCOCCCNC(=O)CCOCCOCC.CCCCCCCCCCCCCC(=O)C[C@@H](CCCCNC(=O)CCCCCCCCCCCCC)C(=O)NCCC.CCOCCOCCOCCCNC(=O)CCOCCOCCOCC. The van der Waals surface area contributed by atoms with Crippen LogP contribution in [0.3, 0.4) is 0 Å². The van der Waals surface area contributed by atoms with Crippen molar-refractivity contribution in [3.63, 3.8) is 0 Å². The lowest BCUT2D eigenvalue weighted by Crippen LogP contribution is -2.33. The largest absolute Gasteiger partial charge is 0.379 e. The molecule has 25 heteroatoms. The highest BCUT2D eigenvalue weighted by Gasteiger charge is 2.23. The zero-order valence-electron chi connectivity index (χ0n) is 86.1. The third-order valence-electron chi connectivity index (χ3n) is 23.0. The average Bonchev–Trinajstić information content (AvgIpc) is 0.924. The van der Waals surface area contributed by atoms with Crippen LogP contribution >= 0.6 is 0 Å². The number of ketones is 2. The van der Waals surface area contributed by atoms with Crippen molar-refractivity contribution < 1.29 is 90.5 Å². The molecule has 2 atom stereocenters. The third kappa shape index (κ3) is 111. The molecule has 0 aromatic carbocycles. The number of nitrogens with one attached hydrogen (secondary N) is 6. The molecule has 0 aromatic heterocycles. The number of Topliss-reactive ketones (excluding diaryl/α,β-unsaturated/α-hetero) is 2.